The molecule has 1 aliphatic rings. The first-order valence-corrected chi connectivity index (χ1v) is 11.7. The second kappa shape index (κ2) is 15.4. The zero-order valence-electron chi connectivity index (χ0n) is 19.5. The smallest absolute Gasteiger partial charge is 0.0849 e. The SMILES string of the molecule is CC.CCC(CCNCCC/C(C)=C1\CCCCC1=N)C(OC)c1ccccc1. The van der Waals surface area contributed by atoms with Gasteiger partial charge in [0.15, 0.2) is 0 Å². The Morgan fingerprint density at radius 2 is 1.79 bits per heavy atom. The van der Waals surface area contributed by atoms with Crippen LogP contribution in [0.25, 0.3) is 0 Å². The molecule has 1 aromatic carbocycles. The fourth-order valence-electron chi connectivity index (χ4n) is 4.23. The van der Waals surface area contributed by atoms with Gasteiger partial charge in [-0.2, -0.15) is 0 Å². The third kappa shape index (κ3) is 8.84. The van der Waals surface area contributed by atoms with Gasteiger partial charge in [-0.25, -0.2) is 0 Å². The number of benzene rings is 1. The molecule has 164 valence electrons. The first kappa shape index (κ1) is 25.6. The summed E-state index contributed by atoms with van der Waals surface area (Å²) in [6.45, 7) is 10.6. The molecule has 2 atom stereocenters. The van der Waals surface area contributed by atoms with Crippen LogP contribution in [0.2, 0.25) is 0 Å². The largest absolute Gasteiger partial charge is 0.376 e. The first-order valence-electron chi connectivity index (χ1n) is 11.7. The van der Waals surface area contributed by atoms with Crippen molar-refractivity contribution in [3.63, 3.8) is 0 Å². The Kier molecular flexibility index (Phi) is 13.6. The van der Waals surface area contributed by atoms with Crippen molar-refractivity contribution in [3.8, 4) is 0 Å². The molecule has 2 unspecified atom stereocenters. The molecule has 0 radical (unpaired) electrons. The molecular formula is C26H44N2O. The van der Waals surface area contributed by atoms with Gasteiger partial charge in [-0.15, -0.1) is 0 Å². The van der Waals surface area contributed by atoms with Crippen LogP contribution in [-0.4, -0.2) is 25.9 Å². The number of ether oxygens (including phenoxy) is 1. The van der Waals surface area contributed by atoms with Crippen LogP contribution in [0.15, 0.2) is 41.5 Å². The van der Waals surface area contributed by atoms with Crippen molar-refractivity contribution >= 4 is 5.71 Å². The fourth-order valence-corrected chi connectivity index (χ4v) is 4.23. The lowest BCUT2D eigenvalue weighted by atomic mass is 9.88. The maximum atomic E-state index is 8.14. The molecule has 29 heavy (non-hydrogen) atoms. The average molecular weight is 401 g/mol. The van der Waals surface area contributed by atoms with Crippen LogP contribution in [0.3, 0.4) is 0 Å². The highest BCUT2D eigenvalue weighted by atomic mass is 16.5. The second-order valence-electron chi connectivity index (χ2n) is 7.82. The van der Waals surface area contributed by atoms with E-state index in [1.807, 2.05) is 21.0 Å². The van der Waals surface area contributed by atoms with Gasteiger partial charge in [0.05, 0.1) is 6.10 Å². The third-order valence-electron chi connectivity index (χ3n) is 5.91. The van der Waals surface area contributed by atoms with E-state index in [0.29, 0.717) is 5.92 Å². The average Bonchev–Trinajstić information content (AvgIpc) is 2.77. The van der Waals surface area contributed by atoms with E-state index in [-0.39, 0.29) is 6.10 Å². The minimum atomic E-state index is 0.183. The molecule has 0 aromatic heterocycles. The summed E-state index contributed by atoms with van der Waals surface area (Å²) in [5.41, 5.74) is 4.96. The predicted octanol–water partition coefficient (Wildman–Crippen LogP) is 7.10. The van der Waals surface area contributed by atoms with Gasteiger partial charge in [0.2, 0.25) is 0 Å². The minimum Gasteiger partial charge on any atom is -0.376 e. The molecule has 2 rings (SSSR count). The molecule has 2 N–H and O–H groups in total. The third-order valence-corrected chi connectivity index (χ3v) is 5.91. The molecule has 1 aromatic rings. The highest BCUT2D eigenvalue weighted by molar-refractivity contribution is 5.98. The standard InChI is InChI=1S/C24H38N2O.C2H6/c1-4-20(24(27-3)21-12-6-5-7-13-21)16-18-26-17-10-11-19(2)22-14-8-9-15-23(22)25;1-2/h5-7,12-13,20,24-26H,4,8-11,14-18H2,1-3H3;1-2H3/b22-19+,25-23?;. The summed E-state index contributed by atoms with van der Waals surface area (Å²) in [7, 11) is 1.83. The van der Waals surface area contributed by atoms with E-state index in [9.17, 15) is 0 Å². The van der Waals surface area contributed by atoms with Crippen LogP contribution >= 0.6 is 0 Å². The van der Waals surface area contributed by atoms with Gasteiger partial charge >= 0.3 is 0 Å². The number of hydrogen-bond donors (Lipinski definition) is 2. The Labute approximate surface area is 179 Å². The predicted molar refractivity (Wildman–Crippen MR) is 127 cm³/mol. The summed E-state index contributed by atoms with van der Waals surface area (Å²) < 4.78 is 5.82. The molecule has 0 amide bonds. The normalized spacial score (nSPS) is 17.9. The van der Waals surface area contributed by atoms with Gasteiger partial charge in [0.1, 0.15) is 0 Å². The lowest BCUT2D eigenvalue weighted by Crippen LogP contribution is -2.23. The van der Waals surface area contributed by atoms with Crippen LogP contribution in [0.4, 0.5) is 0 Å². The number of nitrogens with one attached hydrogen (secondary N) is 2. The van der Waals surface area contributed by atoms with E-state index >= 15 is 0 Å². The van der Waals surface area contributed by atoms with Crippen molar-refractivity contribution in [1.82, 2.24) is 5.32 Å². The molecule has 3 heteroatoms. The van der Waals surface area contributed by atoms with E-state index in [1.165, 1.54) is 29.6 Å². The summed E-state index contributed by atoms with van der Waals surface area (Å²) >= 11 is 0. The van der Waals surface area contributed by atoms with Crippen LogP contribution < -0.4 is 5.32 Å². The quantitative estimate of drug-likeness (QED) is 0.389. The molecule has 0 aliphatic heterocycles. The summed E-state index contributed by atoms with van der Waals surface area (Å²) in [5.74, 6) is 0.538. The Morgan fingerprint density at radius 3 is 2.41 bits per heavy atom. The Morgan fingerprint density at radius 1 is 1.10 bits per heavy atom. The Bertz CT molecular complexity index is 594. The minimum absolute atomic E-state index is 0.183. The van der Waals surface area contributed by atoms with E-state index < -0.39 is 0 Å². The maximum Gasteiger partial charge on any atom is 0.0849 e. The number of methoxy groups -OCH3 is 1. The zero-order valence-corrected chi connectivity index (χ0v) is 19.5. The van der Waals surface area contributed by atoms with Crippen molar-refractivity contribution in [1.29, 1.82) is 5.41 Å². The molecular weight excluding hydrogens is 356 g/mol. The Balaban J connectivity index is 0.00000204. The van der Waals surface area contributed by atoms with E-state index in [1.54, 1.807) is 0 Å². The number of allylic oxidation sites excluding steroid dienone is 2. The fraction of sp³-hybridized carbons (Fsp3) is 0.654. The van der Waals surface area contributed by atoms with Gasteiger partial charge in [-0.05, 0) is 82.0 Å². The van der Waals surface area contributed by atoms with Crippen LogP contribution in [-0.2, 0) is 4.74 Å². The van der Waals surface area contributed by atoms with E-state index in [0.717, 1.165) is 57.3 Å². The van der Waals surface area contributed by atoms with E-state index in [2.05, 4.69) is 49.5 Å². The number of hydrogen-bond acceptors (Lipinski definition) is 3. The molecule has 1 fully saturated rings. The molecule has 0 spiro atoms. The van der Waals surface area contributed by atoms with Gasteiger partial charge in [-0.3, -0.25) is 0 Å². The van der Waals surface area contributed by atoms with Crippen molar-refractivity contribution in [2.45, 2.75) is 85.2 Å². The summed E-state index contributed by atoms with van der Waals surface area (Å²) in [5, 5.41) is 11.8. The second-order valence-corrected chi connectivity index (χ2v) is 7.82. The topological polar surface area (TPSA) is 45.1 Å². The molecule has 0 saturated heterocycles. The van der Waals surface area contributed by atoms with Crippen LogP contribution in [0.1, 0.15) is 90.7 Å². The van der Waals surface area contributed by atoms with Crippen molar-refractivity contribution in [2.75, 3.05) is 20.2 Å². The lowest BCUT2D eigenvalue weighted by molar-refractivity contribution is 0.0458. The molecule has 0 bridgehead atoms. The van der Waals surface area contributed by atoms with Crippen LogP contribution in [0.5, 0.6) is 0 Å². The zero-order chi connectivity index (χ0) is 21.5. The van der Waals surface area contributed by atoms with Crippen molar-refractivity contribution in [3.05, 3.63) is 47.0 Å². The lowest BCUT2D eigenvalue weighted by Gasteiger charge is -2.25. The number of rotatable bonds is 11. The van der Waals surface area contributed by atoms with E-state index in [4.69, 9.17) is 10.1 Å². The van der Waals surface area contributed by atoms with Gasteiger partial charge in [-0.1, -0.05) is 63.1 Å². The first-order chi connectivity index (χ1) is 14.2. The summed E-state index contributed by atoms with van der Waals surface area (Å²) in [6.07, 6.45) is 9.27. The summed E-state index contributed by atoms with van der Waals surface area (Å²) in [4.78, 5) is 0. The van der Waals surface area contributed by atoms with Crippen LogP contribution in [0, 0.1) is 11.3 Å². The van der Waals surface area contributed by atoms with Gasteiger partial charge < -0.3 is 15.5 Å². The highest BCUT2D eigenvalue weighted by Crippen LogP contribution is 2.30. The highest BCUT2D eigenvalue weighted by Gasteiger charge is 2.21. The molecule has 1 saturated carbocycles. The maximum absolute atomic E-state index is 8.14. The van der Waals surface area contributed by atoms with Crippen molar-refractivity contribution < 1.29 is 4.74 Å². The molecule has 1 aliphatic carbocycles. The van der Waals surface area contributed by atoms with Gasteiger partial charge in [0, 0.05) is 12.8 Å². The molecule has 3 nitrogen and oxygen atoms in total. The van der Waals surface area contributed by atoms with Crippen molar-refractivity contribution in [2.24, 2.45) is 5.92 Å². The summed E-state index contributed by atoms with van der Waals surface area (Å²) in [6, 6.07) is 10.6. The molecule has 0 heterocycles. The van der Waals surface area contributed by atoms with Gasteiger partial charge in [0.25, 0.3) is 0 Å². The monoisotopic (exact) mass is 400 g/mol. The Hall–Kier alpha value is -1.45.